The van der Waals surface area contributed by atoms with Crippen molar-refractivity contribution in [2.24, 2.45) is 0 Å². The molecule has 1 nitrogen and oxygen atoms in total. The molecule has 0 fully saturated rings. The van der Waals surface area contributed by atoms with Crippen molar-refractivity contribution in [3.8, 4) is 0 Å². The van der Waals surface area contributed by atoms with Crippen LogP contribution in [0.5, 0.6) is 0 Å². The highest BCUT2D eigenvalue weighted by Gasteiger charge is 2.19. The van der Waals surface area contributed by atoms with Crippen LogP contribution < -0.4 is 0 Å². The van der Waals surface area contributed by atoms with Crippen LogP contribution in [0.3, 0.4) is 0 Å². The molecule has 50 valence electrons. The van der Waals surface area contributed by atoms with E-state index in [0.29, 0.717) is 5.76 Å². The first kappa shape index (κ1) is 7.60. The summed E-state index contributed by atoms with van der Waals surface area (Å²) in [5.41, 5.74) is 0. The molecular formula is C6H6BrIO. The maximum absolute atomic E-state index is 8.89. The molecule has 0 aromatic heterocycles. The summed E-state index contributed by atoms with van der Waals surface area (Å²) in [6, 6.07) is 0. The van der Waals surface area contributed by atoms with Gasteiger partial charge in [0.1, 0.15) is 5.76 Å². The summed E-state index contributed by atoms with van der Waals surface area (Å²) in [5, 5.41) is 8.89. The highest BCUT2D eigenvalue weighted by molar-refractivity contribution is 14.1. The van der Waals surface area contributed by atoms with E-state index < -0.39 is 0 Å². The Hall–Kier alpha value is 0.490. The maximum Gasteiger partial charge on any atom is 0.111 e. The monoisotopic (exact) mass is 300 g/mol. The van der Waals surface area contributed by atoms with Crippen molar-refractivity contribution >= 4 is 38.5 Å². The fraction of sp³-hybridized carbons (Fsp3) is 0.333. The molecule has 1 aliphatic carbocycles. The summed E-state index contributed by atoms with van der Waals surface area (Å²) in [7, 11) is 0. The number of alkyl halides is 2. The zero-order valence-electron chi connectivity index (χ0n) is 4.64. The number of hydrogen-bond donors (Lipinski definition) is 1. The molecule has 1 atom stereocenters. The number of aliphatic hydroxyl groups excluding tert-OH is 1. The Morgan fingerprint density at radius 3 is 2.78 bits per heavy atom. The fourth-order valence-electron chi connectivity index (χ4n) is 0.584. The first-order valence-corrected chi connectivity index (χ1v) is 4.43. The molecule has 0 saturated heterocycles. The van der Waals surface area contributed by atoms with Crippen LogP contribution in [-0.2, 0) is 0 Å². The second kappa shape index (κ2) is 2.62. The van der Waals surface area contributed by atoms with Gasteiger partial charge in [-0.2, -0.15) is 0 Å². The molecule has 0 spiro atoms. The van der Waals surface area contributed by atoms with Crippen molar-refractivity contribution in [2.75, 3.05) is 0 Å². The minimum atomic E-state index is 0.0248. The van der Waals surface area contributed by atoms with Crippen molar-refractivity contribution in [3.63, 3.8) is 0 Å². The van der Waals surface area contributed by atoms with Crippen LogP contribution in [0.15, 0.2) is 24.0 Å². The molecule has 9 heavy (non-hydrogen) atoms. The van der Waals surface area contributed by atoms with Crippen LogP contribution in [0.4, 0.5) is 0 Å². The summed E-state index contributed by atoms with van der Waals surface area (Å²) in [5.74, 6) is 0.363. The summed E-state index contributed by atoms with van der Waals surface area (Å²) in [6.07, 6.45) is 6.27. The number of halogens is 2. The van der Waals surface area contributed by atoms with Gasteiger partial charge in [-0.3, -0.25) is 0 Å². The number of rotatable bonds is 0. The lowest BCUT2D eigenvalue weighted by atomic mass is 10.2. The lowest BCUT2D eigenvalue weighted by Gasteiger charge is -2.16. The SMILES string of the molecule is OC1=CCC(Br)(I)C=C1. The van der Waals surface area contributed by atoms with Crippen LogP contribution in [-0.4, -0.2) is 7.44 Å². The summed E-state index contributed by atoms with van der Waals surface area (Å²) >= 11 is 5.74. The third kappa shape index (κ3) is 2.29. The molecule has 0 aromatic carbocycles. The van der Waals surface area contributed by atoms with Gasteiger partial charge in [0.05, 0.1) is 2.33 Å². The molecule has 1 N–H and O–H groups in total. The average molecular weight is 301 g/mol. The molecule has 0 bridgehead atoms. The molecule has 0 radical (unpaired) electrons. The van der Waals surface area contributed by atoms with Gasteiger partial charge >= 0.3 is 0 Å². The molecule has 0 aromatic rings. The largest absolute Gasteiger partial charge is 0.508 e. The van der Waals surface area contributed by atoms with E-state index in [-0.39, 0.29) is 2.33 Å². The summed E-state index contributed by atoms with van der Waals surface area (Å²) < 4.78 is 0.0248. The lowest BCUT2D eigenvalue weighted by molar-refractivity contribution is 0.427. The molecule has 0 amide bonds. The van der Waals surface area contributed by atoms with E-state index in [9.17, 15) is 0 Å². The molecule has 0 heterocycles. The van der Waals surface area contributed by atoms with E-state index in [2.05, 4.69) is 38.5 Å². The molecule has 1 unspecified atom stereocenters. The van der Waals surface area contributed by atoms with Crippen LogP contribution in [0.2, 0.25) is 0 Å². The minimum Gasteiger partial charge on any atom is -0.508 e. The molecule has 0 saturated carbocycles. The van der Waals surface area contributed by atoms with Crippen LogP contribution in [0, 0.1) is 0 Å². The van der Waals surface area contributed by atoms with Gasteiger partial charge in [-0.05, 0) is 18.6 Å². The smallest absolute Gasteiger partial charge is 0.111 e. The molecule has 1 rings (SSSR count). The molecule has 0 aliphatic heterocycles. The van der Waals surface area contributed by atoms with E-state index in [4.69, 9.17) is 5.11 Å². The third-order valence-electron chi connectivity index (χ3n) is 1.08. The predicted octanol–water partition coefficient (Wildman–Crippen LogP) is 2.91. The van der Waals surface area contributed by atoms with Crippen LogP contribution in [0.25, 0.3) is 0 Å². The Morgan fingerprint density at radius 1 is 1.78 bits per heavy atom. The van der Waals surface area contributed by atoms with Gasteiger partial charge in [-0.15, -0.1) is 0 Å². The van der Waals surface area contributed by atoms with E-state index >= 15 is 0 Å². The Kier molecular flexibility index (Phi) is 2.21. The second-order valence-electron chi connectivity index (χ2n) is 1.93. The number of aliphatic hydroxyl groups is 1. The van der Waals surface area contributed by atoms with E-state index in [0.717, 1.165) is 6.42 Å². The highest BCUT2D eigenvalue weighted by atomic mass is 127. The van der Waals surface area contributed by atoms with E-state index in [1.54, 1.807) is 12.2 Å². The standard InChI is InChI=1S/C6H6BrIO/c7-6(8)3-1-5(9)2-4-6/h1-3,9H,4H2. The zero-order valence-corrected chi connectivity index (χ0v) is 8.39. The van der Waals surface area contributed by atoms with Gasteiger partial charge < -0.3 is 5.11 Å². The summed E-state index contributed by atoms with van der Waals surface area (Å²) in [4.78, 5) is 0. The zero-order chi connectivity index (χ0) is 6.91. The van der Waals surface area contributed by atoms with Crippen molar-refractivity contribution < 1.29 is 5.11 Å². The Balaban J connectivity index is 2.70. The van der Waals surface area contributed by atoms with Gasteiger partial charge in [0.2, 0.25) is 0 Å². The Morgan fingerprint density at radius 2 is 2.44 bits per heavy atom. The predicted molar refractivity (Wildman–Crippen MR) is 50.1 cm³/mol. The molecule has 1 aliphatic rings. The topological polar surface area (TPSA) is 20.2 Å². The van der Waals surface area contributed by atoms with E-state index in [1.165, 1.54) is 0 Å². The summed E-state index contributed by atoms with van der Waals surface area (Å²) in [6.45, 7) is 0. The van der Waals surface area contributed by atoms with Gasteiger partial charge in [0, 0.05) is 0 Å². The van der Waals surface area contributed by atoms with Gasteiger partial charge in [0.15, 0.2) is 0 Å². The number of hydrogen-bond acceptors (Lipinski definition) is 1. The lowest BCUT2D eigenvalue weighted by Crippen LogP contribution is -2.07. The first-order chi connectivity index (χ1) is 4.10. The Labute approximate surface area is 76.1 Å². The van der Waals surface area contributed by atoms with E-state index in [1.807, 2.05) is 6.08 Å². The first-order valence-electron chi connectivity index (χ1n) is 2.56. The van der Waals surface area contributed by atoms with Crippen molar-refractivity contribution in [3.05, 3.63) is 24.0 Å². The molecule has 3 heteroatoms. The van der Waals surface area contributed by atoms with Crippen LogP contribution in [0.1, 0.15) is 6.42 Å². The van der Waals surface area contributed by atoms with Crippen molar-refractivity contribution in [1.29, 1.82) is 0 Å². The average Bonchev–Trinajstić information content (AvgIpc) is 1.78. The second-order valence-corrected chi connectivity index (χ2v) is 6.75. The normalized spacial score (nSPS) is 34.2. The number of allylic oxidation sites excluding steroid dienone is 3. The highest BCUT2D eigenvalue weighted by Crippen LogP contribution is 2.35. The molecular weight excluding hydrogens is 295 g/mol. The van der Waals surface area contributed by atoms with Gasteiger partial charge in [0.25, 0.3) is 0 Å². The quantitative estimate of drug-likeness (QED) is 0.539. The fourth-order valence-corrected chi connectivity index (χ4v) is 1.28. The maximum atomic E-state index is 8.89. The van der Waals surface area contributed by atoms with Crippen molar-refractivity contribution in [2.45, 2.75) is 8.75 Å². The van der Waals surface area contributed by atoms with Gasteiger partial charge in [-0.1, -0.05) is 44.6 Å². The van der Waals surface area contributed by atoms with Crippen molar-refractivity contribution in [1.82, 2.24) is 0 Å². The van der Waals surface area contributed by atoms with Crippen LogP contribution >= 0.6 is 38.5 Å². The minimum absolute atomic E-state index is 0.0248. The van der Waals surface area contributed by atoms with Gasteiger partial charge in [-0.25, -0.2) is 0 Å². The third-order valence-corrected chi connectivity index (χ3v) is 2.47. The Bertz CT molecular complexity index is 172.